The first-order chi connectivity index (χ1) is 7.38. The molecule has 0 saturated heterocycles. The van der Waals surface area contributed by atoms with E-state index in [9.17, 15) is 0 Å². The standard InChI is InChI=1S/C11H19N3S/c12-6-5-11-14-10(8-15-11)7-13-9-3-1-2-4-9/h8-9,13H,1-7,12H2. The zero-order valence-electron chi connectivity index (χ0n) is 9.04. The van der Waals surface area contributed by atoms with E-state index in [4.69, 9.17) is 5.73 Å². The van der Waals surface area contributed by atoms with Crippen molar-refractivity contribution in [1.29, 1.82) is 0 Å². The van der Waals surface area contributed by atoms with Gasteiger partial charge in [-0.15, -0.1) is 11.3 Å². The van der Waals surface area contributed by atoms with E-state index in [2.05, 4.69) is 15.7 Å². The molecule has 0 aromatic carbocycles. The first-order valence-electron chi connectivity index (χ1n) is 5.75. The second-order valence-corrected chi connectivity index (χ2v) is 5.08. The van der Waals surface area contributed by atoms with Crippen LogP contribution < -0.4 is 11.1 Å². The highest BCUT2D eigenvalue weighted by Crippen LogP contribution is 2.18. The molecule has 0 atom stereocenters. The third-order valence-corrected chi connectivity index (χ3v) is 3.84. The fraction of sp³-hybridized carbons (Fsp3) is 0.727. The number of hydrogen-bond acceptors (Lipinski definition) is 4. The van der Waals surface area contributed by atoms with Crippen molar-refractivity contribution in [1.82, 2.24) is 10.3 Å². The Bertz CT molecular complexity index is 292. The van der Waals surface area contributed by atoms with Crippen LogP contribution in [0, 0.1) is 0 Å². The number of nitrogens with one attached hydrogen (secondary N) is 1. The van der Waals surface area contributed by atoms with E-state index in [0.29, 0.717) is 6.54 Å². The van der Waals surface area contributed by atoms with Gasteiger partial charge in [-0.05, 0) is 19.4 Å². The molecule has 15 heavy (non-hydrogen) atoms. The van der Waals surface area contributed by atoms with Crippen LogP contribution in [0.4, 0.5) is 0 Å². The van der Waals surface area contributed by atoms with Crippen LogP contribution >= 0.6 is 11.3 Å². The van der Waals surface area contributed by atoms with Crippen molar-refractivity contribution in [3.8, 4) is 0 Å². The fourth-order valence-corrected chi connectivity index (χ4v) is 2.86. The molecule has 2 rings (SSSR count). The number of aromatic nitrogens is 1. The summed E-state index contributed by atoms with van der Waals surface area (Å²) in [5, 5.41) is 6.88. The smallest absolute Gasteiger partial charge is 0.0941 e. The van der Waals surface area contributed by atoms with E-state index >= 15 is 0 Å². The Morgan fingerprint density at radius 1 is 1.47 bits per heavy atom. The lowest BCUT2D eigenvalue weighted by molar-refractivity contribution is 0.520. The molecular formula is C11H19N3S. The molecule has 1 aliphatic rings. The van der Waals surface area contributed by atoms with Crippen LogP contribution in [0.1, 0.15) is 36.4 Å². The lowest BCUT2D eigenvalue weighted by Crippen LogP contribution is -2.25. The van der Waals surface area contributed by atoms with Gasteiger partial charge < -0.3 is 11.1 Å². The average molecular weight is 225 g/mol. The third kappa shape index (κ3) is 3.26. The molecule has 1 saturated carbocycles. The van der Waals surface area contributed by atoms with Gasteiger partial charge in [0.2, 0.25) is 0 Å². The van der Waals surface area contributed by atoms with Crippen molar-refractivity contribution in [2.24, 2.45) is 5.73 Å². The Balaban J connectivity index is 1.77. The van der Waals surface area contributed by atoms with Crippen molar-refractivity contribution in [3.63, 3.8) is 0 Å². The Labute approximate surface area is 95.1 Å². The lowest BCUT2D eigenvalue weighted by atomic mass is 10.2. The van der Waals surface area contributed by atoms with Crippen molar-refractivity contribution in [3.05, 3.63) is 16.1 Å². The van der Waals surface area contributed by atoms with E-state index in [1.54, 1.807) is 11.3 Å². The van der Waals surface area contributed by atoms with Crippen LogP contribution in [0.3, 0.4) is 0 Å². The van der Waals surface area contributed by atoms with E-state index in [1.165, 1.54) is 36.4 Å². The second-order valence-electron chi connectivity index (χ2n) is 4.13. The molecule has 84 valence electrons. The zero-order valence-corrected chi connectivity index (χ0v) is 9.85. The van der Waals surface area contributed by atoms with Gasteiger partial charge in [0, 0.05) is 24.4 Å². The van der Waals surface area contributed by atoms with Crippen molar-refractivity contribution in [2.75, 3.05) is 6.54 Å². The molecular weight excluding hydrogens is 206 g/mol. The van der Waals surface area contributed by atoms with Gasteiger partial charge in [-0.3, -0.25) is 0 Å². The van der Waals surface area contributed by atoms with Crippen molar-refractivity contribution >= 4 is 11.3 Å². The highest BCUT2D eigenvalue weighted by molar-refractivity contribution is 7.09. The maximum atomic E-state index is 5.49. The molecule has 1 aromatic heterocycles. The summed E-state index contributed by atoms with van der Waals surface area (Å²) in [6.07, 6.45) is 6.34. The summed E-state index contributed by atoms with van der Waals surface area (Å²) in [5.74, 6) is 0. The zero-order chi connectivity index (χ0) is 10.5. The van der Waals surface area contributed by atoms with Crippen LogP contribution in [0.2, 0.25) is 0 Å². The topological polar surface area (TPSA) is 50.9 Å². The first kappa shape index (κ1) is 11.0. The number of rotatable bonds is 5. The average Bonchev–Trinajstić information content (AvgIpc) is 2.85. The van der Waals surface area contributed by atoms with Gasteiger partial charge in [-0.2, -0.15) is 0 Å². The molecule has 0 radical (unpaired) electrons. The summed E-state index contributed by atoms with van der Waals surface area (Å²) in [6, 6.07) is 0.727. The molecule has 3 nitrogen and oxygen atoms in total. The fourth-order valence-electron chi connectivity index (χ4n) is 2.05. The van der Waals surface area contributed by atoms with E-state index in [0.717, 1.165) is 19.0 Å². The molecule has 0 aliphatic heterocycles. The van der Waals surface area contributed by atoms with E-state index in [1.807, 2.05) is 0 Å². The maximum Gasteiger partial charge on any atom is 0.0941 e. The van der Waals surface area contributed by atoms with Gasteiger partial charge in [-0.1, -0.05) is 12.8 Å². The van der Waals surface area contributed by atoms with E-state index in [-0.39, 0.29) is 0 Å². The molecule has 0 bridgehead atoms. The quantitative estimate of drug-likeness (QED) is 0.801. The molecule has 1 heterocycles. The predicted octanol–water partition coefficient (Wildman–Crippen LogP) is 1.68. The Kier molecular flexibility index (Phi) is 4.11. The van der Waals surface area contributed by atoms with Crippen LogP contribution in [0.25, 0.3) is 0 Å². The largest absolute Gasteiger partial charge is 0.330 e. The van der Waals surface area contributed by atoms with E-state index < -0.39 is 0 Å². The number of nitrogens with two attached hydrogens (primary N) is 1. The SMILES string of the molecule is NCCc1nc(CNC2CCCC2)cs1. The van der Waals surface area contributed by atoms with Crippen LogP contribution in [-0.2, 0) is 13.0 Å². The van der Waals surface area contributed by atoms with Crippen LogP contribution in [0.5, 0.6) is 0 Å². The second kappa shape index (κ2) is 5.58. The van der Waals surface area contributed by atoms with Gasteiger partial charge in [0.1, 0.15) is 0 Å². The summed E-state index contributed by atoms with van der Waals surface area (Å²) >= 11 is 1.73. The Morgan fingerprint density at radius 3 is 3.00 bits per heavy atom. The summed E-state index contributed by atoms with van der Waals surface area (Å²) in [6.45, 7) is 1.62. The summed E-state index contributed by atoms with van der Waals surface area (Å²) in [4.78, 5) is 4.54. The molecule has 4 heteroatoms. The number of thiazole rings is 1. The Hall–Kier alpha value is -0.450. The molecule has 1 fully saturated rings. The highest BCUT2D eigenvalue weighted by atomic mass is 32.1. The van der Waals surface area contributed by atoms with Gasteiger partial charge in [0.05, 0.1) is 10.7 Å². The van der Waals surface area contributed by atoms with Gasteiger partial charge in [-0.25, -0.2) is 4.98 Å². The monoisotopic (exact) mass is 225 g/mol. The highest BCUT2D eigenvalue weighted by Gasteiger charge is 2.14. The Morgan fingerprint density at radius 2 is 2.27 bits per heavy atom. The first-order valence-corrected chi connectivity index (χ1v) is 6.63. The molecule has 0 amide bonds. The molecule has 1 aromatic rings. The predicted molar refractivity (Wildman–Crippen MR) is 64.0 cm³/mol. The number of hydrogen-bond donors (Lipinski definition) is 2. The minimum absolute atomic E-state index is 0.697. The maximum absolute atomic E-state index is 5.49. The van der Waals surface area contributed by atoms with Crippen molar-refractivity contribution in [2.45, 2.75) is 44.7 Å². The summed E-state index contributed by atoms with van der Waals surface area (Å²) in [5.41, 5.74) is 6.67. The molecule has 3 N–H and O–H groups in total. The van der Waals surface area contributed by atoms with Crippen LogP contribution in [-0.4, -0.2) is 17.6 Å². The third-order valence-electron chi connectivity index (χ3n) is 2.88. The van der Waals surface area contributed by atoms with Gasteiger partial charge in [0.15, 0.2) is 0 Å². The lowest BCUT2D eigenvalue weighted by Gasteiger charge is -2.09. The van der Waals surface area contributed by atoms with Gasteiger partial charge in [0.25, 0.3) is 0 Å². The molecule has 1 aliphatic carbocycles. The number of nitrogens with zero attached hydrogens (tertiary/aromatic N) is 1. The molecule has 0 spiro atoms. The summed E-state index contributed by atoms with van der Waals surface area (Å²) in [7, 11) is 0. The normalized spacial score (nSPS) is 17.4. The summed E-state index contributed by atoms with van der Waals surface area (Å²) < 4.78 is 0. The molecule has 0 unspecified atom stereocenters. The van der Waals surface area contributed by atoms with Gasteiger partial charge >= 0.3 is 0 Å². The van der Waals surface area contributed by atoms with Crippen LogP contribution in [0.15, 0.2) is 5.38 Å². The minimum Gasteiger partial charge on any atom is -0.330 e. The van der Waals surface area contributed by atoms with Crippen molar-refractivity contribution < 1.29 is 0 Å². The minimum atomic E-state index is 0.697.